The molecule has 2 aliphatic rings. The highest BCUT2D eigenvalue weighted by molar-refractivity contribution is 6.30. The fraction of sp³-hybridized carbons (Fsp3) is 0.462. The number of carbonyl (C=O) groups is 2. The molecule has 39 heavy (non-hydrogen) atoms. The second kappa shape index (κ2) is 12.5. The molecular formula is C26H29ClF4N4O4. The summed E-state index contributed by atoms with van der Waals surface area (Å²) >= 11 is 5.96. The number of rotatable bonds is 8. The lowest BCUT2D eigenvalue weighted by molar-refractivity contribution is -0.199. The number of halogens is 5. The summed E-state index contributed by atoms with van der Waals surface area (Å²) in [6, 6.07) is 11.1. The van der Waals surface area contributed by atoms with E-state index >= 15 is 0 Å². The molecule has 0 aliphatic carbocycles. The molecule has 3 N–H and O–H groups in total. The summed E-state index contributed by atoms with van der Waals surface area (Å²) in [6.45, 7) is 1.91. The third-order valence-electron chi connectivity index (χ3n) is 6.79. The third-order valence-corrected chi connectivity index (χ3v) is 7.04. The van der Waals surface area contributed by atoms with Crippen molar-refractivity contribution in [2.24, 2.45) is 0 Å². The van der Waals surface area contributed by atoms with Crippen molar-refractivity contribution in [3.8, 4) is 0 Å². The van der Waals surface area contributed by atoms with Crippen molar-refractivity contribution in [1.82, 2.24) is 10.2 Å². The number of β-amino-alcohol motifs (C(OH)–C–C–N with tert-alkyl or cyclic N) is 1. The second-order valence-electron chi connectivity index (χ2n) is 9.71. The first-order valence-electron chi connectivity index (χ1n) is 12.5. The number of carbonyl (C=O) groups excluding carboxylic acids is 2. The predicted molar refractivity (Wildman–Crippen MR) is 137 cm³/mol. The molecule has 0 aromatic heterocycles. The first-order chi connectivity index (χ1) is 18.5. The fourth-order valence-corrected chi connectivity index (χ4v) is 4.95. The molecule has 2 unspecified atom stereocenters. The van der Waals surface area contributed by atoms with Crippen molar-refractivity contribution in [2.75, 3.05) is 43.0 Å². The van der Waals surface area contributed by atoms with Crippen LogP contribution >= 0.6 is 11.6 Å². The number of aliphatic hydroxyl groups excluding tert-OH is 1. The average molecular weight is 573 g/mol. The van der Waals surface area contributed by atoms with Gasteiger partial charge in [-0.1, -0.05) is 23.7 Å². The fourth-order valence-electron chi connectivity index (χ4n) is 4.83. The summed E-state index contributed by atoms with van der Waals surface area (Å²) in [5.41, 5.74) is 1.56. The molecule has 4 rings (SSSR count). The number of amides is 1. The van der Waals surface area contributed by atoms with E-state index in [9.17, 15) is 32.3 Å². The maximum Gasteiger partial charge on any atom is 0.490 e. The average Bonchev–Trinajstić information content (AvgIpc) is 3.25. The van der Waals surface area contributed by atoms with E-state index in [1.807, 2.05) is 24.3 Å². The molecule has 2 atom stereocenters. The molecule has 8 nitrogen and oxygen atoms in total. The zero-order valence-electron chi connectivity index (χ0n) is 20.9. The molecule has 0 saturated carbocycles. The Morgan fingerprint density at radius 3 is 2.44 bits per heavy atom. The quantitative estimate of drug-likeness (QED) is 0.330. The SMILES string of the molecule is O=C(COC(=O)C(F)(F)F)Nc1ccc(F)cc1N1CC(O)C(NC2CCN(Cc3ccc(Cl)cc3)CC2)C1. The van der Waals surface area contributed by atoms with Gasteiger partial charge >= 0.3 is 12.1 Å². The molecular weight excluding hydrogens is 544 g/mol. The molecule has 212 valence electrons. The number of aliphatic hydroxyl groups is 1. The van der Waals surface area contributed by atoms with Crippen molar-refractivity contribution < 1.29 is 37.0 Å². The van der Waals surface area contributed by atoms with Crippen molar-refractivity contribution >= 4 is 34.9 Å². The zero-order chi connectivity index (χ0) is 28.2. The van der Waals surface area contributed by atoms with Crippen molar-refractivity contribution in [1.29, 1.82) is 0 Å². The van der Waals surface area contributed by atoms with Gasteiger partial charge in [-0.3, -0.25) is 9.69 Å². The molecule has 2 fully saturated rings. The molecule has 2 aliphatic heterocycles. The van der Waals surface area contributed by atoms with Crippen molar-refractivity contribution in [2.45, 2.75) is 43.8 Å². The normalized spacial score (nSPS) is 20.7. The molecule has 0 spiro atoms. The minimum absolute atomic E-state index is 0.118. The minimum Gasteiger partial charge on any atom is -0.449 e. The molecule has 1 amide bonds. The Kier molecular flexibility index (Phi) is 9.31. The lowest BCUT2D eigenvalue weighted by Crippen LogP contribution is -2.49. The van der Waals surface area contributed by atoms with E-state index in [1.54, 1.807) is 4.90 Å². The highest BCUT2D eigenvalue weighted by Gasteiger charge is 2.41. The summed E-state index contributed by atoms with van der Waals surface area (Å²) in [4.78, 5) is 27.0. The summed E-state index contributed by atoms with van der Waals surface area (Å²) in [7, 11) is 0. The third kappa shape index (κ3) is 8.04. The van der Waals surface area contributed by atoms with E-state index in [1.165, 1.54) is 17.7 Å². The van der Waals surface area contributed by atoms with Gasteiger partial charge in [-0.15, -0.1) is 0 Å². The topological polar surface area (TPSA) is 94.1 Å². The lowest BCUT2D eigenvalue weighted by Gasteiger charge is -2.34. The van der Waals surface area contributed by atoms with Crippen LogP contribution in [0.3, 0.4) is 0 Å². The van der Waals surface area contributed by atoms with Crippen molar-refractivity contribution in [3.63, 3.8) is 0 Å². The Morgan fingerprint density at radius 1 is 1.08 bits per heavy atom. The zero-order valence-corrected chi connectivity index (χ0v) is 21.6. The Bertz CT molecular complexity index is 1160. The van der Waals surface area contributed by atoms with Crippen LogP contribution < -0.4 is 15.5 Å². The van der Waals surface area contributed by atoms with Gasteiger partial charge in [-0.25, -0.2) is 9.18 Å². The summed E-state index contributed by atoms with van der Waals surface area (Å²) in [5, 5.41) is 17.3. The van der Waals surface area contributed by atoms with Gasteiger partial charge in [0, 0.05) is 30.7 Å². The van der Waals surface area contributed by atoms with Gasteiger partial charge in [-0.05, 0) is 61.8 Å². The van der Waals surface area contributed by atoms with Gasteiger partial charge in [0.25, 0.3) is 5.91 Å². The summed E-state index contributed by atoms with van der Waals surface area (Å²) in [6.07, 6.45) is -4.22. The number of nitrogens with one attached hydrogen (secondary N) is 2. The number of nitrogens with zero attached hydrogens (tertiary/aromatic N) is 2. The summed E-state index contributed by atoms with van der Waals surface area (Å²) in [5.74, 6) is -4.09. The van der Waals surface area contributed by atoms with Gasteiger partial charge in [0.1, 0.15) is 5.82 Å². The minimum atomic E-state index is -5.22. The number of hydrogen-bond acceptors (Lipinski definition) is 7. The lowest BCUT2D eigenvalue weighted by atomic mass is 10.0. The highest BCUT2D eigenvalue weighted by atomic mass is 35.5. The standard InChI is InChI=1S/C26H29ClF4N4O4/c27-17-3-1-16(2-4-17)12-34-9-7-19(8-10-34)32-21-13-35(14-23(21)36)22-11-18(28)5-6-20(22)33-24(37)15-39-25(38)26(29,30)31/h1-6,11,19,21,23,32,36H,7-10,12-15H2,(H,33,37). The molecule has 2 aromatic carbocycles. The Hall–Kier alpha value is -2.93. The van der Waals surface area contributed by atoms with Crippen LogP contribution in [0, 0.1) is 5.82 Å². The number of alkyl halides is 3. The number of benzene rings is 2. The second-order valence-corrected chi connectivity index (χ2v) is 10.1. The van der Waals surface area contributed by atoms with Gasteiger partial charge in [0.15, 0.2) is 6.61 Å². The van der Waals surface area contributed by atoms with Gasteiger partial charge in [0.05, 0.1) is 23.5 Å². The maximum absolute atomic E-state index is 14.1. The van der Waals surface area contributed by atoms with E-state index in [0.29, 0.717) is 11.6 Å². The van der Waals surface area contributed by atoms with E-state index in [4.69, 9.17) is 11.6 Å². The van der Waals surface area contributed by atoms with E-state index in [-0.39, 0.29) is 30.0 Å². The van der Waals surface area contributed by atoms with Crippen LogP contribution in [-0.4, -0.2) is 79.0 Å². The number of likely N-dealkylation sites (tertiary alicyclic amines) is 1. The van der Waals surface area contributed by atoms with Crippen LogP contribution in [0.2, 0.25) is 5.02 Å². The smallest absolute Gasteiger partial charge is 0.449 e. The van der Waals surface area contributed by atoms with E-state index < -0.39 is 36.6 Å². The highest BCUT2D eigenvalue weighted by Crippen LogP contribution is 2.31. The maximum atomic E-state index is 14.1. The van der Waals surface area contributed by atoms with Crippen molar-refractivity contribution in [3.05, 3.63) is 58.9 Å². The number of ether oxygens (including phenoxy) is 1. The van der Waals surface area contributed by atoms with Crippen LogP contribution in [0.15, 0.2) is 42.5 Å². The molecule has 13 heteroatoms. The Labute approximate surface area is 227 Å². The predicted octanol–water partition coefficient (Wildman–Crippen LogP) is 3.33. The van der Waals surface area contributed by atoms with E-state index in [0.717, 1.165) is 38.5 Å². The number of anilines is 2. The van der Waals surface area contributed by atoms with Crippen LogP contribution in [0.1, 0.15) is 18.4 Å². The van der Waals surface area contributed by atoms with Gasteiger partial charge in [-0.2, -0.15) is 13.2 Å². The Morgan fingerprint density at radius 2 is 1.77 bits per heavy atom. The number of esters is 1. The number of hydrogen-bond donors (Lipinski definition) is 3. The number of piperidine rings is 1. The first-order valence-corrected chi connectivity index (χ1v) is 12.8. The van der Waals surface area contributed by atoms with Gasteiger partial charge in [0.2, 0.25) is 0 Å². The first kappa shape index (κ1) is 29.1. The van der Waals surface area contributed by atoms with Crippen LogP contribution in [0.5, 0.6) is 0 Å². The summed E-state index contributed by atoms with van der Waals surface area (Å²) < 4.78 is 55.0. The van der Waals surface area contributed by atoms with Gasteiger partial charge < -0.3 is 25.4 Å². The molecule has 2 heterocycles. The molecule has 2 aromatic rings. The van der Waals surface area contributed by atoms with Crippen LogP contribution in [0.4, 0.5) is 28.9 Å². The van der Waals surface area contributed by atoms with Crippen LogP contribution in [-0.2, 0) is 20.9 Å². The molecule has 0 radical (unpaired) electrons. The monoisotopic (exact) mass is 572 g/mol. The molecule has 2 saturated heterocycles. The van der Waals surface area contributed by atoms with Crippen LogP contribution in [0.25, 0.3) is 0 Å². The van der Waals surface area contributed by atoms with E-state index in [2.05, 4.69) is 20.3 Å². The molecule has 0 bridgehead atoms. The Balaban J connectivity index is 1.30. The largest absolute Gasteiger partial charge is 0.490 e.